The van der Waals surface area contributed by atoms with Crippen molar-refractivity contribution in [3.05, 3.63) is 77.6 Å². The largest absolute Gasteiger partial charge is 0.486 e. The Morgan fingerprint density at radius 2 is 1.71 bits per heavy atom. The molecule has 2 aromatic carbocycles. The lowest BCUT2D eigenvalue weighted by molar-refractivity contribution is 0.102. The van der Waals surface area contributed by atoms with Gasteiger partial charge in [0.15, 0.2) is 11.5 Å². The van der Waals surface area contributed by atoms with E-state index in [9.17, 15) is 4.79 Å². The van der Waals surface area contributed by atoms with Crippen molar-refractivity contribution in [2.45, 2.75) is 13.5 Å². The molecule has 0 bridgehead atoms. The van der Waals surface area contributed by atoms with E-state index in [4.69, 9.17) is 9.47 Å². The van der Waals surface area contributed by atoms with Crippen LogP contribution in [0.1, 0.15) is 21.6 Å². The molecule has 0 spiro atoms. The molecule has 1 aromatic heterocycles. The molecule has 3 aromatic rings. The monoisotopic (exact) mass is 375 g/mol. The van der Waals surface area contributed by atoms with Gasteiger partial charge in [-0.25, -0.2) is 4.98 Å². The van der Waals surface area contributed by atoms with Gasteiger partial charge in [0, 0.05) is 18.3 Å². The molecule has 0 saturated carbocycles. The SMILES string of the molecule is Cc1ccc(CNc2ccc(C(=O)Nc3ccc4c(c3)OCCO4)nc2)cc1. The number of pyridine rings is 1. The summed E-state index contributed by atoms with van der Waals surface area (Å²) < 4.78 is 11.0. The van der Waals surface area contributed by atoms with E-state index >= 15 is 0 Å². The first-order valence-corrected chi connectivity index (χ1v) is 9.14. The van der Waals surface area contributed by atoms with Crippen molar-refractivity contribution < 1.29 is 14.3 Å². The van der Waals surface area contributed by atoms with Gasteiger partial charge in [0.1, 0.15) is 18.9 Å². The van der Waals surface area contributed by atoms with Gasteiger partial charge in [0.25, 0.3) is 5.91 Å². The van der Waals surface area contributed by atoms with Gasteiger partial charge in [-0.1, -0.05) is 29.8 Å². The molecule has 6 nitrogen and oxygen atoms in total. The van der Waals surface area contributed by atoms with Crippen LogP contribution >= 0.6 is 0 Å². The van der Waals surface area contributed by atoms with Crippen LogP contribution in [-0.2, 0) is 6.54 Å². The van der Waals surface area contributed by atoms with Crippen LogP contribution in [0.3, 0.4) is 0 Å². The maximum absolute atomic E-state index is 12.4. The van der Waals surface area contributed by atoms with E-state index in [1.165, 1.54) is 11.1 Å². The number of amides is 1. The number of rotatable bonds is 5. The lowest BCUT2D eigenvalue weighted by Crippen LogP contribution is -2.17. The molecule has 0 atom stereocenters. The summed E-state index contributed by atoms with van der Waals surface area (Å²) in [6.45, 7) is 3.80. The van der Waals surface area contributed by atoms with Gasteiger partial charge in [-0.05, 0) is 36.8 Å². The van der Waals surface area contributed by atoms with Crippen molar-refractivity contribution in [2.75, 3.05) is 23.8 Å². The quantitative estimate of drug-likeness (QED) is 0.705. The Bertz CT molecular complexity index is 969. The number of hydrogen-bond acceptors (Lipinski definition) is 5. The molecule has 28 heavy (non-hydrogen) atoms. The number of hydrogen-bond donors (Lipinski definition) is 2. The number of aromatic nitrogens is 1. The van der Waals surface area contributed by atoms with Crippen LogP contribution in [0.2, 0.25) is 0 Å². The molecule has 4 rings (SSSR count). The number of ether oxygens (including phenoxy) is 2. The second-order valence-corrected chi connectivity index (χ2v) is 6.58. The highest BCUT2D eigenvalue weighted by atomic mass is 16.6. The number of fused-ring (bicyclic) bond motifs is 1. The van der Waals surface area contributed by atoms with Crippen LogP contribution in [-0.4, -0.2) is 24.1 Å². The van der Waals surface area contributed by atoms with E-state index in [2.05, 4.69) is 46.8 Å². The Kier molecular flexibility index (Phi) is 5.10. The molecular weight excluding hydrogens is 354 g/mol. The Morgan fingerprint density at radius 3 is 2.46 bits per heavy atom. The summed E-state index contributed by atoms with van der Waals surface area (Å²) in [6, 6.07) is 17.2. The maximum Gasteiger partial charge on any atom is 0.274 e. The fraction of sp³-hybridized carbons (Fsp3) is 0.182. The van der Waals surface area contributed by atoms with Gasteiger partial charge in [0.2, 0.25) is 0 Å². The molecule has 0 fully saturated rings. The Morgan fingerprint density at radius 1 is 0.964 bits per heavy atom. The molecule has 2 heterocycles. The Labute approximate surface area is 163 Å². The van der Waals surface area contributed by atoms with Crippen LogP contribution in [0, 0.1) is 6.92 Å². The first-order valence-electron chi connectivity index (χ1n) is 9.14. The maximum atomic E-state index is 12.4. The number of benzene rings is 2. The molecule has 1 aliphatic rings. The minimum atomic E-state index is -0.276. The zero-order valence-electron chi connectivity index (χ0n) is 15.6. The number of anilines is 2. The van der Waals surface area contributed by atoms with Gasteiger partial charge < -0.3 is 20.1 Å². The molecule has 2 N–H and O–H groups in total. The summed E-state index contributed by atoms with van der Waals surface area (Å²) in [6.07, 6.45) is 1.66. The summed E-state index contributed by atoms with van der Waals surface area (Å²) in [5.41, 5.74) is 4.26. The van der Waals surface area contributed by atoms with Crippen LogP contribution in [0.5, 0.6) is 11.5 Å². The standard InChI is InChI=1S/C22H21N3O3/c1-15-2-4-16(5-3-15)13-23-18-6-8-19(24-14-18)22(26)25-17-7-9-20-21(12-17)28-11-10-27-20/h2-9,12,14,23H,10-11,13H2,1H3,(H,25,26). The van der Waals surface area contributed by atoms with Crippen molar-refractivity contribution in [3.63, 3.8) is 0 Å². The molecular formula is C22H21N3O3. The average molecular weight is 375 g/mol. The predicted octanol–water partition coefficient (Wildman–Crippen LogP) is 4.03. The third-order valence-corrected chi connectivity index (χ3v) is 4.41. The summed E-state index contributed by atoms with van der Waals surface area (Å²) in [5, 5.41) is 6.14. The lowest BCUT2D eigenvalue weighted by atomic mass is 10.1. The highest BCUT2D eigenvalue weighted by Crippen LogP contribution is 2.32. The molecule has 0 aliphatic carbocycles. The molecule has 0 unspecified atom stereocenters. The minimum Gasteiger partial charge on any atom is -0.486 e. The third kappa shape index (κ3) is 4.23. The number of carbonyl (C=O) groups is 1. The number of nitrogens with one attached hydrogen (secondary N) is 2. The minimum absolute atomic E-state index is 0.276. The zero-order chi connectivity index (χ0) is 19.3. The number of aryl methyl sites for hydroxylation is 1. The molecule has 142 valence electrons. The van der Waals surface area contributed by atoms with Crippen LogP contribution < -0.4 is 20.1 Å². The number of nitrogens with zero attached hydrogens (tertiary/aromatic N) is 1. The van der Waals surface area contributed by atoms with E-state index in [1.807, 2.05) is 6.07 Å². The van der Waals surface area contributed by atoms with E-state index in [0.717, 1.165) is 5.69 Å². The lowest BCUT2D eigenvalue weighted by Gasteiger charge is -2.19. The summed E-state index contributed by atoms with van der Waals surface area (Å²) in [7, 11) is 0. The molecule has 1 amide bonds. The van der Waals surface area contributed by atoms with E-state index in [0.29, 0.717) is 42.6 Å². The second kappa shape index (κ2) is 8.00. The highest BCUT2D eigenvalue weighted by Gasteiger charge is 2.14. The summed E-state index contributed by atoms with van der Waals surface area (Å²) in [5.74, 6) is 1.04. The molecule has 6 heteroatoms. The molecule has 0 saturated heterocycles. The van der Waals surface area contributed by atoms with Gasteiger partial charge in [-0.15, -0.1) is 0 Å². The van der Waals surface area contributed by atoms with E-state index in [-0.39, 0.29) is 5.91 Å². The number of carbonyl (C=O) groups excluding carboxylic acids is 1. The molecule has 0 radical (unpaired) electrons. The van der Waals surface area contributed by atoms with Gasteiger partial charge in [-0.2, -0.15) is 0 Å². The van der Waals surface area contributed by atoms with Crippen molar-refractivity contribution >= 4 is 17.3 Å². The molecule has 1 aliphatic heterocycles. The van der Waals surface area contributed by atoms with Crippen molar-refractivity contribution in [3.8, 4) is 11.5 Å². The smallest absolute Gasteiger partial charge is 0.274 e. The Balaban J connectivity index is 1.36. The van der Waals surface area contributed by atoms with Gasteiger partial charge in [-0.3, -0.25) is 4.79 Å². The second-order valence-electron chi connectivity index (χ2n) is 6.58. The first kappa shape index (κ1) is 17.9. The van der Waals surface area contributed by atoms with Crippen molar-refractivity contribution in [2.24, 2.45) is 0 Å². The summed E-state index contributed by atoms with van der Waals surface area (Å²) in [4.78, 5) is 16.7. The topological polar surface area (TPSA) is 72.5 Å². The van der Waals surface area contributed by atoms with Gasteiger partial charge in [0.05, 0.1) is 11.9 Å². The van der Waals surface area contributed by atoms with E-state index < -0.39 is 0 Å². The average Bonchev–Trinajstić information content (AvgIpc) is 2.73. The van der Waals surface area contributed by atoms with Crippen molar-refractivity contribution in [1.29, 1.82) is 0 Å². The zero-order valence-corrected chi connectivity index (χ0v) is 15.6. The summed E-state index contributed by atoms with van der Waals surface area (Å²) >= 11 is 0. The van der Waals surface area contributed by atoms with Crippen LogP contribution in [0.25, 0.3) is 0 Å². The van der Waals surface area contributed by atoms with E-state index in [1.54, 1.807) is 30.5 Å². The first-order chi connectivity index (χ1) is 13.7. The van der Waals surface area contributed by atoms with Crippen LogP contribution in [0.15, 0.2) is 60.8 Å². The van der Waals surface area contributed by atoms with Gasteiger partial charge >= 0.3 is 0 Å². The fourth-order valence-corrected chi connectivity index (χ4v) is 2.86. The normalized spacial score (nSPS) is 12.3. The van der Waals surface area contributed by atoms with Crippen LogP contribution in [0.4, 0.5) is 11.4 Å². The highest BCUT2D eigenvalue weighted by molar-refractivity contribution is 6.03. The Hall–Kier alpha value is -3.54. The fourth-order valence-electron chi connectivity index (χ4n) is 2.86. The predicted molar refractivity (Wildman–Crippen MR) is 108 cm³/mol. The third-order valence-electron chi connectivity index (χ3n) is 4.41. The van der Waals surface area contributed by atoms with Crippen molar-refractivity contribution in [1.82, 2.24) is 4.98 Å².